The van der Waals surface area contributed by atoms with E-state index in [0.29, 0.717) is 6.54 Å². The van der Waals surface area contributed by atoms with Crippen LogP contribution in [0.3, 0.4) is 0 Å². The van der Waals surface area contributed by atoms with Crippen LogP contribution in [-0.4, -0.2) is 5.91 Å². The van der Waals surface area contributed by atoms with E-state index in [1.165, 1.54) is 15.3 Å². The fourth-order valence-electron chi connectivity index (χ4n) is 1.17. The van der Waals surface area contributed by atoms with E-state index in [1.807, 2.05) is 20.8 Å². The number of aryl methyl sites for hydroxylation is 2. The zero-order chi connectivity index (χ0) is 11.6. The van der Waals surface area contributed by atoms with Crippen molar-refractivity contribution in [1.82, 2.24) is 5.32 Å². The zero-order valence-electron chi connectivity index (χ0n) is 10.1. The van der Waals surface area contributed by atoms with Crippen molar-refractivity contribution in [3.8, 4) is 0 Å². The first kappa shape index (κ1) is 12.2. The van der Waals surface area contributed by atoms with Gasteiger partial charge in [-0.25, -0.2) is 0 Å². The molecule has 2 nitrogen and oxygen atoms in total. The fraction of sp³-hybridized carbons (Fsp3) is 0.583. The van der Waals surface area contributed by atoms with Crippen molar-refractivity contribution in [1.29, 1.82) is 0 Å². The van der Waals surface area contributed by atoms with E-state index < -0.39 is 0 Å². The molecule has 1 aromatic rings. The van der Waals surface area contributed by atoms with Gasteiger partial charge in [-0.2, -0.15) is 0 Å². The Bertz CT molecular complexity index is 341. The Kier molecular flexibility index (Phi) is 3.55. The highest BCUT2D eigenvalue weighted by molar-refractivity contribution is 7.12. The van der Waals surface area contributed by atoms with Crippen LogP contribution in [0.5, 0.6) is 0 Å². The Morgan fingerprint density at radius 3 is 2.40 bits per heavy atom. The Morgan fingerprint density at radius 2 is 2.00 bits per heavy atom. The number of carbonyl (C=O) groups is 1. The van der Waals surface area contributed by atoms with Crippen molar-refractivity contribution in [3.63, 3.8) is 0 Å². The van der Waals surface area contributed by atoms with Crippen LogP contribution in [0.4, 0.5) is 0 Å². The average Bonchev–Trinajstić information content (AvgIpc) is 2.41. The number of amides is 1. The van der Waals surface area contributed by atoms with Gasteiger partial charge in [-0.15, -0.1) is 11.3 Å². The van der Waals surface area contributed by atoms with E-state index in [9.17, 15) is 4.79 Å². The van der Waals surface area contributed by atoms with E-state index in [4.69, 9.17) is 0 Å². The van der Waals surface area contributed by atoms with Gasteiger partial charge in [-0.3, -0.25) is 4.79 Å². The van der Waals surface area contributed by atoms with Gasteiger partial charge < -0.3 is 5.32 Å². The number of hydrogen-bond donors (Lipinski definition) is 1. The lowest BCUT2D eigenvalue weighted by Crippen LogP contribution is -2.34. The number of carbonyl (C=O) groups excluding carboxylic acids is 1. The number of hydrogen-bond acceptors (Lipinski definition) is 2. The molecule has 0 aliphatic rings. The highest BCUT2D eigenvalue weighted by Crippen LogP contribution is 2.21. The van der Waals surface area contributed by atoms with E-state index in [1.54, 1.807) is 11.3 Å². The molecule has 1 heterocycles. The van der Waals surface area contributed by atoms with E-state index in [0.717, 1.165) is 0 Å². The zero-order valence-corrected chi connectivity index (χ0v) is 10.9. The maximum Gasteiger partial charge on any atom is 0.225 e. The van der Waals surface area contributed by atoms with Crippen molar-refractivity contribution in [2.75, 3.05) is 0 Å². The van der Waals surface area contributed by atoms with Gasteiger partial charge in [0, 0.05) is 15.2 Å². The Labute approximate surface area is 95.7 Å². The molecule has 1 amide bonds. The number of rotatable bonds is 2. The molecule has 0 fully saturated rings. The SMILES string of the molecule is Cc1cc(CNC(=O)C(C)(C)C)sc1C. The fourth-order valence-corrected chi connectivity index (χ4v) is 2.16. The second kappa shape index (κ2) is 4.35. The number of nitrogens with one attached hydrogen (secondary N) is 1. The van der Waals surface area contributed by atoms with Crippen LogP contribution < -0.4 is 5.32 Å². The third kappa shape index (κ3) is 3.34. The Hall–Kier alpha value is -0.830. The second-order valence-corrected chi connectivity index (χ2v) is 6.23. The van der Waals surface area contributed by atoms with Gasteiger partial charge in [0.15, 0.2) is 0 Å². The van der Waals surface area contributed by atoms with Crippen LogP contribution >= 0.6 is 11.3 Å². The van der Waals surface area contributed by atoms with Crippen molar-refractivity contribution < 1.29 is 4.79 Å². The topological polar surface area (TPSA) is 29.1 Å². The third-order valence-electron chi connectivity index (χ3n) is 2.32. The van der Waals surface area contributed by atoms with Gasteiger partial charge in [0.1, 0.15) is 0 Å². The summed E-state index contributed by atoms with van der Waals surface area (Å²) < 4.78 is 0. The molecule has 0 aliphatic carbocycles. The van der Waals surface area contributed by atoms with Crippen molar-refractivity contribution in [3.05, 3.63) is 21.4 Å². The van der Waals surface area contributed by atoms with E-state index in [2.05, 4.69) is 25.2 Å². The third-order valence-corrected chi connectivity index (χ3v) is 3.47. The summed E-state index contributed by atoms with van der Waals surface area (Å²) in [6, 6.07) is 2.14. The summed E-state index contributed by atoms with van der Waals surface area (Å²) in [5.41, 5.74) is 1.00. The summed E-state index contributed by atoms with van der Waals surface area (Å²) in [5, 5.41) is 2.95. The Morgan fingerprint density at radius 1 is 1.40 bits per heavy atom. The molecule has 0 atom stereocenters. The molecule has 84 valence electrons. The molecule has 0 aromatic carbocycles. The monoisotopic (exact) mass is 225 g/mol. The lowest BCUT2D eigenvalue weighted by molar-refractivity contribution is -0.128. The van der Waals surface area contributed by atoms with Gasteiger partial charge >= 0.3 is 0 Å². The molecule has 0 saturated heterocycles. The van der Waals surface area contributed by atoms with Crippen LogP contribution in [0.1, 0.15) is 36.1 Å². The molecule has 15 heavy (non-hydrogen) atoms. The van der Waals surface area contributed by atoms with E-state index >= 15 is 0 Å². The van der Waals surface area contributed by atoms with Crippen molar-refractivity contribution in [2.45, 2.75) is 41.2 Å². The summed E-state index contributed by atoms with van der Waals surface area (Å²) in [7, 11) is 0. The van der Waals surface area contributed by atoms with Crippen molar-refractivity contribution >= 4 is 17.2 Å². The van der Waals surface area contributed by atoms with Crippen LogP contribution in [-0.2, 0) is 11.3 Å². The molecule has 1 aromatic heterocycles. The molecule has 0 radical (unpaired) electrons. The second-order valence-electron chi connectivity index (χ2n) is 4.88. The predicted molar refractivity (Wildman–Crippen MR) is 65.1 cm³/mol. The quantitative estimate of drug-likeness (QED) is 0.823. The summed E-state index contributed by atoms with van der Waals surface area (Å²) in [5.74, 6) is 0.103. The first-order valence-corrected chi connectivity index (χ1v) is 5.96. The maximum absolute atomic E-state index is 11.6. The predicted octanol–water partition coefficient (Wildman–Crippen LogP) is 3.03. The molecule has 0 saturated carbocycles. The molecular weight excluding hydrogens is 206 g/mol. The molecule has 3 heteroatoms. The van der Waals surface area contributed by atoms with Gasteiger partial charge in [0.25, 0.3) is 0 Å². The highest BCUT2D eigenvalue weighted by atomic mass is 32.1. The summed E-state index contributed by atoms with van der Waals surface area (Å²) in [4.78, 5) is 14.2. The standard InChI is InChI=1S/C12H19NOS/c1-8-6-10(15-9(8)2)7-13-11(14)12(3,4)5/h6H,7H2,1-5H3,(H,13,14). The van der Waals surface area contributed by atoms with Crippen LogP contribution in [0, 0.1) is 19.3 Å². The van der Waals surface area contributed by atoms with E-state index in [-0.39, 0.29) is 11.3 Å². The van der Waals surface area contributed by atoms with Gasteiger partial charge in [0.2, 0.25) is 5.91 Å². The minimum absolute atomic E-state index is 0.103. The first-order valence-electron chi connectivity index (χ1n) is 5.15. The van der Waals surface area contributed by atoms with Gasteiger partial charge in [-0.05, 0) is 25.5 Å². The lowest BCUT2D eigenvalue weighted by Gasteiger charge is -2.17. The lowest BCUT2D eigenvalue weighted by atomic mass is 9.96. The smallest absolute Gasteiger partial charge is 0.225 e. The minimum Gasteiger partial charge on any atom is -0.351 e. The molecule has 1 rings (SSSR count). The first-order chi connectivity index (χ1) is 6.80. The molecule has 0 spiro atoms. The molecule has 0 bridgehead atoms. The van der Waals surface area contributed by atoms with Crippen LogP contribution in [0.25, 0.3) is 0 Å². The minimum atomic E-state index is -0.304. The Balaban J connectivity index is 2.55. The van der Waals surface area contributed by atoms with Crippen LogP contribution in [0.15, 0.2) is 6.07 Å². The maximum atomic E-state index is 11.6. The van der Waals surface area contributed by atoms with Gasteiger partial charge in [0.05, 0.1) is 6.54 Å². The average molecular weight is 225 g/mol. The molecule has 0 aliphatic heterocycles. The molecule has 0 unspecified atom stereocenters. The van der Waals surface area contributed by atoms with Crippen molar-refractivity contribution in [2.24, 2.45) is 5.41 Å². The number of thiophene rings is 1. The normalized spacial score (nSPS) is 11.5. The summed E-state index contributed by atoms with van der Waals surface area (Å²) in [6.45, 7) is 10.6. The highest BCUT2D eigenvalue weighted by Gasteiger charge is 2.20. The summed E-state index contributed by atoms with van der Waals surface area (Å²) >= 11 is 1.75. The summed E-state index contributed by atoms with van der Waals surface area (Å²) in [6.07, 6.45) is 0. The largest absolute Gasteiger partial charge is 0.351 e. The molecule has 1 N–H and O–H groups in total. The van der Waals surface area contributed by atoms with Crippen LogP contribution in [0.2, 0.25) is 0 Å². The van der Waals surface area contributed by atoms with Gasteiger partial charge in [-0.1, -0.05) is 20.8 Å². The molecular formula is C12H19NOS.